The minimum atomic E-state index is 0.474. The lowest BCUT2D eigenvalue weighted by atomic mass is 10.1. The van der Waals surface area contributed by atoms with Crippen molar-refractivity contribution in [3.63, 3.8) is 0 Å². The highest BCUT2D eigenvalue weighted by Crippen LogP contribution is 2.07. The van der Waals surface area contributed by atoms with Crippen LogP contribution in [-0.2, 0) is 6.42 Å². The maximum atomic E-state index is 5.18. The minimum Gasteiger partial charge on any atom is -0.359 e. The third-order valence-electron chi connectivity index (χ3n) is 2.28. The summed E-state index contributed by atoms with van der Waals surface area (Å²) in [6, 6.07) is 11.9. The number of hydrogen-bond acceptors (Lipinski definition) is 3. The molecule has 0 fully saturated rings. The van der Waals surface area contributed by atoms with Gasteiger partial charge in [-0.1, -0.05) is 36.3 Å². The van der Waals surface area contributed by atoms with Gasteiger partial charge in [0.25, 0.3) is 0 Å². The molecule has 0 atom stereocenters. The summed E-state index contributed by atoms with van der Waals surface area (Å²) in [5.41, 5.74) is 1.20. The predicted molar refractivity (Wildman–Crippen MR) is 68.6 cm³/mol. The molecule has 0 bridgehead atoms. The van der Waals surface area contributed by atoms with Crippen molar-refractivity contribution in [1.29, 1.82) is 0 Å². The van der Waals surface area contributed by atoms with E-state index in [1.165, 1.54) is 5.56 Å². The second kappa shape index (κ2) is 5.66. The fourth-order valence-corrected chi connectivity index (χ4v) is 1.50. The van der Waals surface area contributed by atoms with Gasteiger partial charge in [0.1, 0.15) is 11.6 Å². The first-order valence-electron chi connectivity index (χ1n) is 5.41. The van der Waals surface area contributed by atoms with E-state index in [-0.39, 0.29) is 0 Å². The third kappa shape index (κ3) is 3.32. The van der Waals surface area contributed by atoms with Crippen molar-refractivity contribution in [2.24, 2.45) is 0 Å². The normalized spacial score (nSPS) is 9.59. The van der Waals surface area contributed by atoms with Crippen LogP contribution in [-0.4, -0.2) is 16.5 Å². The van der Waals surface area contributed by atoms with Crippen LogP contribution in [0.5, 0.6) is 0 Å². The van der Waals surface area contributed by atoms with E-state index in [4.69, 9.17) is 6.42 Å². The number of anilines is 1. The van der Waals surface area contributed by atoms with Crippen molar-refractivity contribution in [2.45, 2.75) is 6.42 Å². The summed E-state index contributed by atoms with van der Waals surface area (Å²) in [6.45, 7) is 0.474. The van der Waals surface area contributed by atoms with Gasteiger partial charge in [-0.15, -0.1) is 6.42 Å². The first-order chi connectivity index (χ1) is 8.38. The molecule has 1 aromatic heterocycles. The van der Waals surface area contributed by atoms with E-state index >= 15 is 0 Å². The molecule has 0 aliphatic rings. The van der Waals surface area contributed by atoms with Crippen LogP contribution < -0.4 is 5.32 Å². The summed E-state index contributed by atoms with van der Waals surface area (Å²) in [7, 11) is 0. The standard InChI is InChI=1S/C14H13N3/c1-2-9-15-13-8-10-16-14(17-13)11-12-6-4-3-5-7-12/h1,3-8,10H,9,11H2,(H,15,16,17). The zero-order valence-electron chi connectivity index (χ0n) is 9.43. The molecule has 1 N–H and O–H groups in total. The molecule has 3 heteroatoms. The van der Waals surface area contributed by atoms with Crippen molar-refractivity contribution < 1.29 is 0 Å². The van der Waals surface area contributed by atoms with E-state index in [0.717, 1.165) is 18.1 Å². The van der Waals surface area contributed by atoms with Crippen LogP contribution >= 0.6 is 0 Å². The topological polar surface area (TPSA) is 37.8 Å². The molecule has 2 aromatic rings. The van der Waals surface area contributed by atoms with Crippen molar-refractivity contribution >= 4 is 5.82 Å². The Morgan fingerprint density at radius 1 is 1.18 bits per heavy atom. The highest BCUT2D eigenvalue weighted by Gasteiger charge is 2.00. The average molecular weight is 223 g/mol. The first kappa shape index (κ1) is 11.2. The molecule has 0 unspecified atom stereocenters. The Kier molecular flexibility index (Phi) is 3.72. The minimum absolute atomic E-state index is 0.474. The molecule has 17 heavy (non-hydrogen) atoms. The van der Waals surface area contributed by atoms with Crippen molar-refractivity contribution in [1.82, 2.24) is 9.97 Å². The summed E-state index contributed by atoms with van der Waals surface area (Å²) >= 11 is 0. The lowest BCUT2D eigenvalue weighted by Crippen LogP contribution is -2.04. The summed E-state index contributed by atoms with van der Waals surface area (Å²) < 4.78 is 0. The molecule has 0 aliphatic heterocycles. The van der Waals surface area contributed by atoms with Gasteiger partial charge in [-0.05, 0) is 11.6 Å². The van der Waals surface area contributed by atoms with Crippen LogP contribution in [0.4, 0.5) is 5.82 Å². The Hall–Kier alpha value is -2.34. The fraction of sp³-hybridized carbons (Fsp3) is 0.143. The monoisotopic (exact) mass is 223 g/mol. The van der Waals surface area contributed by atoms with Crippen LogP contribution in [0, 0.1) is 12.3 Å². The molecule has 0 aliphatic carbocycles. The predicted octanol–water partition coefficient (Wildman–Crippen LogP) is 2.11. The van der Waals surface area contributed by atoms with Gasteiger partial charge in [-0.3, -0.25) is 0 Å². The largest absolute Gasteiger partial charge is 0.359 e. The molecule has 3 nitrogen and oxygen atoms in total. The van der Waals surface area contributed by atoms with Gasteiger partial charge in [0, 0.05) is 12.6 Å². The lowest BCUT2D eigenvalue weighted by molar-refractivity contribution is 0.967. The Morgan fingerprint density at radius 2 is 2.00 bits per heavy atom. The smallest absolute Gasteiger partial charge is 0.135 e. The molecule has 0 saturated carbocycles. The van der Waals surface area contributed by atoms with Crippen molar-refractivity contribution in [3.8, 4) is 12.3 Å². The van der Waals surface area contributed by atoms with Gasteiger partial charge in [0.15, 0.2) is 0 Å². The lowest BCUT2D eigenvalue weighted by Gasteiger charge is -2.04. The Labute approximate surface area is 101 Å². The molecule has 0 amide bonds. The van der Waals surface area contributed by atoms with Crippen LogP contribution in [0.25, 0.3) is 0 Å². The molecular weight excluding hydrogens is 210 g/mol. The Balaban J connectivity index is 2.09. The average Bonchev–Trinajstić information content (AvgIpc) is 2.38. The third-order valence-corrected chi connectivity index (χ3v) is 2.28. The summed E-state index contributed by atoms with van der Waals surface area (Å²) in [5.74, 6) is 4.07. The summed E-state index contributed by atoms with van der Waals surface area (Å²) in [4.78, 5) is 8.63. The maximum absolute atomic E-state index is 5.18. The van der Waals surface area contributed by atoms with Crippen LogP contribution in [0.2, 0.25) is 0 Å². The molecule has 0 saturated heterocycles. The SMILES string of the molecule is C#CCNc1ccnc(Cc2ccccc2)n1. The Morgan fingerprint density at radius 3 is 2.76 bits per heavy atom. The fourth-order valence-electron chi connectivity index (χ4n) is 1.50. The molecule has 0 spiro atoms. The highest BCUT2D eigenvalue weighted by molar-refractivity contribution is 5.35. The summed E-state index contributed by atoms with van der Waals surface area (Å²) in [5, 5.41) is 3.03. The van der Waals surface area contributed by atoms with Crippen molar-refractivity contribution in [2.75, 3.05) is 11.9 Å². The second-order valence-corrected chi connectivity index (χ2v) is 3.58. The van der Waals surface area contributed by atoms with Gasteiger partial charge in [0.05, 0.1) is 6.54 Å². The number of nitrogens with zero attached hydrogens (tertiary/aromatic N) is 2. The van der Waals surface area contributed by atoms with E-state index < -0.39 is 0 Å². The van der Waals surface area contributed by atoms with E-state index in [9.17, 15) is 0 Å². The number of nitrogens with one attached hydrogen (secondary N) is 1. The zero-order chi connectivity index (χ0) is 11.9. The molecule has 0 radical (unpaired) electrons. The number of aromatic nitrogens is 2. The van der Waals surface area contributed by atoms with Gasteiger partial charge in [0.2, 0.25) is 0 Å². The Bertz CT molecular complexity index is 514. The number of rotatable bonds is 4. The van der Waals surface area contributed by atoms with Gasteiger partial charge in [-0.2, -0.15) is 0 Å². The quantitative estimate of drug-likeness (QED) is 0.807. The van der Waals surface area contributed by atoms with Crippen LogP contribution in [0.1, 0.15) is 11.4 Å². The molecule has 84 valence electrons. The number of hydrogen-bond donors (Lipinski definition) is 1. The number of benzene rings is 1. The highest BCUT2D eigenvalue weighted by atomic mass is 15.0. The van der Waals surface area contributed by atoms with E-state index in [1.54, 1.807) is 6.20 Å². The van der Waals surface area contributed by atoms with Gasteiger partial charge >= 0.3 is 0 Å². The van der Waals surface area contributed by atoms with Crippen LogP contribution in [0.3, 0.4) is 0 Å². The zero-order valence-corrected chi connectivity index (χ0v) is 9.43. The maximum Gasteiger partial charge on any atom is 0.135 e. The molecule has 2 rings (SSSR count). The molecule has 1 aromatic carbocycles. The van der Waals surface area contributed by atoms with Crippen molar-refractivity contribution in [3.05, 3.63) is 54.0 Å². The second-order valence-electron chi connectivity index (χ2n) is 3.58. The van der Waals surface area contributed by atoms with E-state index in [1.807, 2.05) is 24.3 Å². The van der Waals surface area contributed by atoms with E-state index in [2.05, 4.69) is 33.3 Å². The summed E-state index contributed by atoms with van der Waals surface area (Å²) in [6.07, 6.45) is 7.65. The first-order valence-corrected chi connectivity index (χ1v) is 5.41. The van der Waals surface area contributed by atoms with Gasteiger partial charge in [-0.25, -0.2) is 9.97 Å². The molecular formula is C14H13N3. The van der Waals surface area contributed by atoms with E-state index in [0.29, 0.717) is 6.54 Å². The van der Waals surface area contributed by atoms with Crippen LogP contribution in [0.15, 0.2) is 42.6 Å². The van der Waals surface area contributed by atoms with Gasteiger partial charge < -0.3 is 5.32 Å². The molecule has 1 heterocycles. The number of terminal acetylenes is 1.